The van der Waals surface area contributed by atoms with Crippen LogP contribution in [0, 0.1) is 0 Å². The summed E-state index contributed by atoms with van der Waals surface area (Å²) in [6.45, 7) is 0. The molecule has 0 saturated heterocycles. The van der Waals surface area contributed by atoms with E-state index in [0.717, 1.165) is 10.8 Å². The van der Waals surface area contributed by atoms with Gasteiger partial charge in [-0.2, -0.15) is 0 Å². The lowest BCUT2D eigenvalue weighted by Crippen LogP contribution is -2.20. The Labute approximate surface area is 96.3 Å². The Morgan fingerprint density at radius 2 is 1.88 bits per heavy atom. The van der Waals surface area contributed by atoms with Crippen LogP contribution in [0.4, 0.5) is 11.5 Å². The third-order valence-electron chi connectivity index (χ3n) is 2.78. The van der Waals surface area contributed by atoms with Gasteiger partial charge in [0.2, 0.25) is 0 Å². The zero-order valence-electron chi connectivity index (χ0n) is 8.92. The molecule has 1 aromatic carbocycles. The summed E-state index contributed by atoms with van der Waals surface area (Å²) in [5.41, 5.74) is 11.4. The first kappa shape index (κ1) is 9.65. The third kappa shape index (κ3) is 1.25. The molecule has 0 bridgehead atoms. The molecule has 0 saturated carbocycles. The lowest BCUT2D eigenvalue weighted by Gasteiger charge is -2.06. The van der Waals surface area contributed by atoms with Gasteiger partial charge in [-0.15, -0.1) is 0 Å². The molecule has 0 spiro atoms. The molecule has 84 valence electrons. The van der Waals surface area contributed by atoms with Crippen molar-refractivity contribution in [2.45, 2.75) is 0 Å². The van der Waals surface area contributed by atoms with Crippen LogP contribution in [0.25, 0.3) is 16.4 Å². The van der Waals surface area contributed by atoms with E-state index in [1.807, 2.05) is 30.3 Å². The zero-order chi connectivity index (χ0) is 12.0. The summed E-state index contributed by atoms with van der Waals surface area (Å²) in [6, 6.07) is 9.51. The van der Waals surface area contributed by atoms with Gasteiger partial charge in [0, 0.05) is 11.6 Å². The minimum absolute atomic E-state index is 0.0159. The average molecular weight is 226 g/mol. The first-order valence-electron chi connectivity index (χ1n) is 5.13. The number of rotatable bonds is 0. The SMILES string of the molecule is Nc1nc2c3ccccc3ccn2c(=O)c1N. The molecule has 0 amide bonds. The van der Waals surface area contributed by atoms with E-state index in [0.29, 0.717) is 5.65 Å². The van der Waals surface area contributed by atoms with E-state index in [-0.39, 0.29) is 17.1 Å². The molecule has 4 N–H and O–H groups in total. The van der Waals surface area contributed by atoms with Crippen LogP contribution in [0.3, 0.4) is 0 Å². The molecule has 3 rings (SSSR count). The summed E-state index contributed by atoms with van der Waals surface area (Å²) < 4.78 is 1.41. The van der Waals surface area contributed by atoms with Crippen molar-refractivity contribution in [3.63, 3.8) is 0 Å². The number of fused-ring (bicyclic) bond motifs is 3. The van der Waals surface area contributed by atoms with Gasteiger partial charge in [0.15, 0.2) is 5.82 Å². The molecule has 0 radical (unpaired) electrons. The topological polar surface area (TPSA) is 86.4 Å². The second kappa shape index (κ2) is 3.21. The summed E-state index contributed by atoms with van der Waals surface area (Å²) in [5.74, 6) is 0.0753. The number of benzene rings is 1. The van der Waals surface area contributed by atoms with Gasteiger partial charge in [-0.1, -0.05) is 24.3 Å². The van der Waals surface area contributed by atoms with E-state index >= 15 is 0 Å². The molecule has 2 heterocycles. The van der Waals surface area contributed by atoms with Gasteiger partial charge in [0.25, 0.3) is 5.56 Å². The Morgan fingerprint density at radius 3 is 2.71 bits per heavy atom. The lowest BCUT2D eigenvalue weighted by molar-refractivity contribution is 1.07. The summed E-state index contributed by atoms with van der Waals surface area (Å²) in [4.78, 5) is 16.1. The number of hydrogen-bond acceptors (Lipinski definition) is 4. The predicted octanol–water partition coefficient (Wildman–Crippen LogP) is 1.01. The maximum Gasteiger partial charge on any atom is 0.283 e. The number of nitrogen functional groups attached to an aromatic ring is 2. The molecule has 0 unspecified atom stereocenters. The fourth-order valence-electron chi connectivity index (χ4n) is 1.89. The smallest absolute Gasteiger partial charge is 0.283 e. The summed E-state index contributed by atoms with van der Waals surface area (Å²) in [5, 5.41) is 1.88. The highest BCUT2D eigenvalue weighted by molar-refractivity contribution is 5.94. The largest absolute Gasteiger partial charge is 0.391 e. The minimum Gasteiger partial charge on any atom is -0.391 e. The maximum absolute atomic E-state index is 11.9. The van der Waals surface area contributed by atoms with Crippen molar-refractivity contribution in [2.24, 2.45) is 0 Å². The van der Waals surface area contributed by atoms with Gasteiger partial charge in [-0.05, 0) is 11.5 Å². The third-order valence-corrected chi connectivity index (χ3v) is 2.78. The van der Waals surface area contributed by atoms with Crippen LogP contribution in [0.5, 0.6) is 0 Å². The van der Waals surface area contributed by atoms with E-state index in [1.54, 1.807) is 6.20 Å². The van der Waals surface area contributed by atoms with Crippen LogP contribution in [-0.4, -0.2) is 9.38 Å². The fraction of sp³-hybridized carbons (Fsp3) is 0. The van der Waals surface area contributed by atoms with Crippen molar-refractivity contribution in [3.8, 4) is 0 Å². The van der Waals surface area contributed by atoms with Gasteiger partial charge in [-0.25, -0.2) is 4.98 Å². The Bertz CT molecular complexity index is 791. The Kier molecular flexibility index (Phi) is 1.82. The zero-order valence-corrected chi connectivity index (χ0v) is 8.92. The van der Waals surface area contributed by atoms with E-state index in [9.17, 15) is 4.79 Å². The van der Waals surface area contributed by atoms with Crippen LogP contribution >= 0.6 is 0 Å². The monoisotopic (exact) mass is 226 g/mol. The first-order valence-corrected chi connectivity index (χ1v) is 5.13. The van der Waals surface area contributed by atoms with E-state index in [2.05, 4.69) is 4.98 Å². The van der Waals surface area contributed by atoms with E-state index in [4.69, 9.17) is 11.5 Å². The molecule has 2 aromatic heterocycles. The maximum atomic E-state index is 11.9. The molecule has 17 heavy (non-hydrogen) atoms. The molecular weight excluding hydrogens is 216 g/mol. The van der Waals surface area contributed by atoms with Crippen LogP contribution in [0.2, 0.25) is 0 Å². The minimum atomic E-state index is -0.335. The molecule has 0 aliphatic rings. The standard InChI is InChI=1S/C12H10N4O/c13-9-10(14)15-11-8-4-2-1-3-7(8)5-6-16(11)12(9)17/h1-6H,13-14H2. The molecule has 0 atom stereocenters. The molecule has 0 aliphatic heterocycles. The van der Waals surface area contributed by atoms with Crippen molar-refractivity contribution in [1.82, 2.24) is 9.38 Å². The van der Waals surface area contributed by atoms with Gasteiger partial charge in [0.05, 0.1) is 0 Å². The Morgan fingerprint density at radius 1 is 1.12 bits per heavy atom. The van der Waals surface area contributed by atoms with Gasteiger partial charge >= 0.3 is 0 Å². The summed E-state index contributed by atoms with van der Waals surface area (Å²) >= 11 is 0. The van der Waals surface area contributed by atoms with E-state index in [1.165, 1.54) is 4.40 Å². The molecule has 0 aliphatic carbocycles. The van der Waals surface area contributed by atoms with Crippen LogP contribution in [0.15, 0.2) is 41.3 Å². The van der Waals surface area contributed by atoms with Crippen LogP contribution < -0.4 is 17.0 Å². The van der Waals surface area contributed by atoms with Crippen LogP contribution in [0.1, 0.15) is 0 Å². The second-order valence-corrected chi connectivity index (χ2v) is 3.81. The van der Waals surface area contributed by atoms with Gasteiger partial charge < -0.3 is 11.5 Å². The number of hydrogen-bond donors (Lipinski definition) is 2. The quantitative estimate of drug-likeness (QED) is 0.560. The molecule has 3 aromatic rings. The first-order chi connectivity index (χ1) is 8.18. The normalized spacial score (nSPS) is 11.1. The highest BCUT2D eigenvalue weighted by Gasteiger charge is 2.08. The fourth-order valence-corrected chi connectivity index (χ4v) is 1.89. The molecular formula is C12H10N4O. The molecule has 5 nitrogen and oxygen atoms in total. The van der Waals surface area contributed by atoms with Crippen molar-refractivity contribution >= 4 is 27.9 Å². The van der Waals surface area contributed by atoms with Gasteiger partial charge in [-0.3, -0.25) is 9.20 Å². The summed E-state index contributed by atoms with van der Waals surface area (Å²) in [6.07, 6.45) is 1.66. The molecule has 0 fully saturated rings. The average Bonchev–Trinajstić information content (AvgIpc) is 2.36. The van der Waals surface area contributed by atoms with Crippen LogP contribution in [-0.2, 0) is 0 Å². The van der Waals surface area contributed by atoms with Gasteiger partial charge in [0.1, 0.15) is 11.3 Å². The second-order valence-electron chi connectivity index (χ2n) is 3.81. The number of aromatic nitrogens is 2. The lowest BCUT2D eigenvalue weighted by atomic mass is 10.1. The van der Waals surface area contributed by atoms with E-state index < -0.39 is 0 Å². The Balaban J connectivity index is 2.64. The number of pyridine rings is 1. The highest BCUT2D eigenvalue weighted by atomic mass is 16.1. The van der Waals surface area contributed by atoms with Crippen molar-refractivity contribution < 1.29 is 0 Å². The van der Waals surface area contributed by atoms with Crippen molar-refractivity contribution in [3.05, 3.63) is 46.9 Å². The number of nitrogens with two attached hydrogens (primary N) is 2. The van der Waals surface area contributed by atoms with Crippen molar-refractivity contribution in [2.75, 3.05) is 11.5 Å². The van der Waals surface area contributed by atoms with Crippen molar-refractivity contribution in [1.29, 1.82) is 0 Å². The highest BCUT2D eigenvalue weighted by Crippen LogP contribution is 2.18. The summed E-state index contributed by atoms with van der Waals surface area (Å²) in [7, 11) is 0. The Hall–Kier alpha value is -2.56. The number of anilines is 2. The number of nitrogens with zero attached hydrogens (tertiary/aromatic N) is 2. The molecule has 5 heteroatoms. The predicted molar refractivity (Wildman–Crippen MR) is 67.8 cm³/mol.